The van der Waals surface area contributed by atoms with Crippen LogP contribution < -0.4 is 14.8 Å². The number of methoxy groups -OCH3 is 1. The van der Waals surface area contributed by atoms with Crippen molar-refractivity contribution in [1.82, 2.24) is 24.7 Å². The molecule has 1 unspecified atom stereocenters. The molecule has 2 aliphatic heterocycles. The van der Waals surface area contributed by atoms with E-state index in [1.807, 2.05) is 0 Å². The second-order valence-corrected chi connectivity index (χ2v) is 10.5. The molecule has 40 heavy (non-hydrogen) atoms. The van der Waals surface area contributed by atoms with E-state index in [2.05, 4.69) is 30.0 Å². The molecule has 12 heteroatoms. The maximum Gasteiger partial charge on any atom is 0.163 e. The van der Waals surface area contributed by atoms with Gasteiger partial charge in [0.1, 0.15) is 30.7 Å². The number of hydrogen-bond donors (Lipinski definition) is 2. The number of ether oxygens (including phenoxy) is 3. The van der Waals surface area contributed by atoms with Crippen molar-refractivity contribution < 1.29 is 23.7 Å². The molecule has 2 aromatic carbocycles. The molecular formula is C28H36ClFN6O4. The van der Waals surface area contributed by atoms with Gasteiger partial charge in [-0.3, -0.25) is 14.7 Å². The molecule has 216 valence electrons. The van der Waals surface area contributed by atoms with Crippen LogP contribution in [-0.4, -0.2) is 122 Å². The number of nitrogens with one attached hydrogen (secondary N) is 1. The number of anilines is 2. The van der Waals surface area contributed by atoms with E-state index in [9.17, 15) is 9.50 Å². The quantitative estimate of drug-likeness (QED) is 0.356. The Balaban J connectivity index is 1.14. The fourth-order valence-corrected chi connectivity index (χ4v) is 5.15. The third-order valence-electron chi connectivity index (χ3n) is 7.31. The summed E-state index contributed by atoms with van der Waals surface area (Å²) in [6.45, 7) is 10.3. The van der Waals surface area contributed by atoms with Gasteiger partial charge in [-0.05, 0) is 24.3 Å². The zero-order chi connectivity index (χ0) is 27.9. The number of hydrogen-bond acceptors (Lipinski definition) is 10. The van der Waals surface area contributed by atoms with Crippen LogP contribution in [0.15, 0.2) is 36.7 Å². The van der Waals surface area contributed by atoms with Crippen molar-refractivity contribution in [3.05, 3.63) is 47.5 Å². The number of halogens is 2. The lowest BCUT2D eigenvalue weighted by Crippen LogP contribution is -2.51. The molecule has 3 aromatic rings. The maximum atomic E-state index is 14.3. The van der Waals surface area contributed by atoms with E-state index in [4.69, 9.17) is 25.8 Å². The molecule has 10 nitrogen and oxygen atoms in total. The van der Waals surface area contributed by atoms with Gasteiger partial charge in [0.05, 0.1) is 31.5 Å². The first-order valence-corrected chi connectivity index (χ1v) is 14.0. The molecule has 0 spiro atoms. The van der Waals surface area contributed by atoms with Gasteiger partial charge < -0.3 is 24.6 Å². The zero-order valence-electron chi connectivity index (χ0n) is 22.7. The third kappa shape index (κ3) is 7.48. The first kappa shape index (κ1) is 28.7. The second kappa shape index (κ2) is 13.7. The van der Waals surface area contributed by atoms with E-state index in [0.29, 0.717) is 39.8 Å². The zero-order valence-corrected chi connectivity index (χ0v) is 23.4. The van der Waals surface area contributed by atoms with Gasteiger partial charge in [-0.25, -0.2) is 14.4 Å². The maximum absolute atomic E-state index is 14.3. The molecule has 1 atom stereocenters. The predicted molar refractivity (Wildman–Crippen MR) is 152 cm³/mol. The highest BCUT2D eigenvalue weighted by Crippen LogP contribution is 2.35. The average Bonchev–Trinajstić information content (AvgIpc) is 2.97. The molecule has 0 saturated carbocycles. The van der Waals surface area contributed by atoms with Crippen LogP contribution >= 0.6 is 11.6 Å². The number of rotatable bonds is 11. The summed E-state index contributed by atoms with van der Waals surface area (Å²) in [4.78, 5) is 15.8. The number of benzene rings is 2. The van der Waals surface area contributed by atoms with Crippen LogP contribution in [0.3, 0.4) is 0 Å². The standard InChI is InChI=1S/C28H36ClFN6O4/c1-38-26-15-22-25(31-19-32-28(22)33-24-3-2-20(29)14-23(24)30)16-27(26)40-18-21(37)17-36-8-6-34(7-9-36)4-5-35-10-12-39-13-11-35/h2-3,14-16,19,21,37H,4-13,17-18H2,1H3,(H,31,32,33). The Kier molecular flexibility index (Phi) is 9.84. The number of aliphatic hydroxyl groups is 1. The van der Waals surface area contributed by atoms with Gasteiger partial charge in [0.15, 0.2) is 11.5 Å². The van der Waals surface area contributed by atoms with Crippen LogP contribution in [0.5, 0.6) is 11.5 Å². The molecule has 2 N–H and O–H groups in total. The summed E-state index contributed by atoms with van der Waals surface area (Å²) >= 11 is 5.87. The molecule has 0 amide bonds. The van der Waals surface area contributed by atoms with E-state index in [0.717, 1.165) is 65.6 Å². The number of aromatic nitrogens is 2. The van der Waals surface area contributed by atoms with Gasteiger partial charge in [-0.1, -0.05) is 11.6 Å². The number of morpholine rings is 1. The van der Waals surface area contributed by atoms with Crippen molar-refractivity contribution in [2.75, 3.05) is 91.2 Å². The van der Waals surface area contributed by atoms with Gasteiger partial charge in [0, 0.05) is 75.4 Å². The third-order valence-corrected chi connectivity index (χ3v) is 7.54. The molecular weight excluding hydrogens is 539 g/mol. The Morgan fingerprint density at radius 1 is 1.00 bits per heavy atom. The van der Waals surface area contributed by atoms with Crippen LogP contribution in [0, 0.1) is 5.82 Å². The van der Waals surface area contributed by atoms with Crippen LogP contribution in [-0.2, 0) is 4.74 Å². The van der Waals surface area contributed by atoms with Gasteiger partial charge in [0.2, 0.25) is 0 Å². The summed E-state index contributed by atoms with van der Waals surface area (Å²) < 4.78 is 31.3. The van der Waals surface area contributed by atoms with E-state index in [-0.39, 0.29) is 12.3 Å². The Morgan fingerprint density at radius 2 is 1.73 bits per heavy atom. The van der Waals surface area contributed by atoms with E-state index < -0.39 is 11.9 Å². The van der Waals surface area contributed by atoms with Crippen molar-refractivity contribution in [2.45, 2.75) is 6.10 Å². The lowest BCUT2D eigenvalue weighted by Gasteiger charge is -2.37. The Hall–Kier alpha value is -2.80. The molecule has 2 aliphatic rings. The first-order valence-electron chi connectivity index (χ1n) is 13.6. The molecule has 3 heterocycles. The van der Waals surface area contributed by atoms with Crippen molar-refractivity contribution in [3.8, 4) is 11.5 Å². The van der Waals surface area contributed by atoms with Crippen molar-refractivity contribution in [2.24, 2.45) is 0 Å². The summed E-state index contributed by atoms with van der Waals surface area (Å²) in [6, 6.07) is 7.86. The molecule has 1 aromatic heterocycles. The van der Waals surface area contributed by atoms with Crippen molar-refractivity contribution in [1.29, 1.82) is 0 Å². The fourth-order valence-electron chi connectivity index (χ4n) is 4.99. The highest BCUT2D eigenvalue weighted by atomic mass is 35.5. The monoisotopic (exact) mass is 574 g/mol. The number of β-amino-alcohol motifs (C(OH)–C–C–N with tert-alkyl or cyclic N) is 1. The van der Waals surface area contributed by atoms with Gasteiger partial charge in [-0.2, -0.15) is 0 Å². The first-order chi connectivity index (χ1) is 19.5. The summed E-state index contributed by atoms with van der Waals surface area (Å²) in [5.74, 6) is 0.849. The van der Waals surface area contributed by atoms with Crippen LogP contribution in [0.4, 0.5) is 15.9 Å². The fraction of sp³-hybridized carbons (Fsp3) is 0.500. The Bertz CT molecular complexity index is 1270. The smallest absolute Gasteiger partial charge is 0.163 e. The number of nitrogens with zero attached hydrogens (tertiary/aromatic N) is 5. The minimum atomic E-state index is -0.657. The topological polar surface area (TPSA) is 95.4 Å². The summed E-state index contributed by atoms with van der Waals surface area (Å²) in [6.07, 6.45) is 0.736. The number of aliphatic hydroxyl groups excluding tert-OH is 1. The minimum Gasteiger partial charge on any atom is -0.493 e. The van der Waals surface area contributed by atoms with E-state index in [1.165, 1.54) is 12.4 Å². The van der Waals surface area contributed by atoms with Gasteiger partial charge in [0.25, 0.3) is 0 Å². The molecule has 0 aliphatic carbocycles. The van der Waals surface area contributed by atoms with Crippen LogP contribution in [0.25, 0.3) is 10.9 Å². The molecule has 0 bridgehead atoms. The lowest BCUT2D eigenvalue weighted by molar-refractivity contribution is 0.0240. The van der Waals surface area contributed by atoms with Gasteiger partial charge in [-0.15, -0.1) is 0 Å². The van der Waals surface area contributed by atoms with Gasteiger partial charge >= 0.3 is 0 Å². The highest BCUT2D eigenvalue weighted by Gasteiger charge is 2.21. The molecule has 0 radical (unpaired) electrons. The lowest BCUT2D eigenvalue weighted by atomic mass is 10.2. The molecule has 2 fully saturated rings. The normalized spacial score (nSPS) is 18.1. The summed E-state index contributed by atoms with van der Waals surface area (Å²) in [5.41, 5.74) is 0.829. The SMILES string of the molecule is COc1cc2c(Nc3ccc(Cl)cc3F)ncnc2cc1OCC(O)CN1CCN(CCN2CCOCC2)CC1. The van der Waals surface area contributed by atoms with Crippen molar-refractivity contribution in [3.63, 3.8) is 0 Å². The number of piperazine rings is 1. The van der Waals surface area contributed by atoms with Crippen LogP contribution in [0.1, 0.15) is 0 Å². The Labute approximate surface area is 238 Å². The predicted octanol–water partition coefficient (Wildman–Crippen LogP) is 2.86. The van der Waals surface area contributed by atoms with Crippen LogP contribution in [0.2, 0.25) is 5.02 Å². The highest BCUT2D eigenvalue weighted by molar-refractivity contribution is 6.30. The largest absolute Gasteiger partial charge is 0.493 e. The number of fused-ring (bicyclic) bond motifs is 1. The van der Waals surface area contributed by atoms with Crippen molar-refractivity contribution >= 4 is 34.0 Å². The second-order valence-electron chi connectivity index (χ2n) is 10.1. The Morgan fingerprint density at radius 3 is 2.45 bits per heavy atom. The summed E-state index contributed by atoms with van der Waals surface area (Å²) in [7, 11) is 1.54. The molecule has 5 rings (SSSR count). The minimum absolute atomic E-state index is 0.116. The van der Waals surface area contributed by atoms with E-state index in [1.54, 1.807) is 31.4 Å². The average molecular weight is 575 g/mol. The summed E-state index contributed by atoms with van der Waals surface area (Å²) in [5, 5.41) is 14.7. The van der Waals surface area contributed by atoms with E-state index >= 15 is 0 Å². The molecule has 2 saturated heterocycles.